The van der Waals surface area contributed by atoms with Crippen molar-refractivity contribution in [3.8, 4) is 5.75 Å². The molecule has 0 amide bonds. The molecule has 3 rings (SSSR count). The number of phenolic OH excluding ortho intramolecular Hbond substituents is 1. The van der Waals surface area contributed by atoms with Crippen molar-refractivity contribution in [3.63, 3.8) is 0 Å². The van der Waals surface area contributed by atoms with Crippen LogP contribution in [0.15, 0.2) is 24.3 Å². The molecule has 2 N–H and O–H groups in total. The monoisotopic (exact) mass is 261 g/mol. The van der Waals surface area contributed by atoms with Crippen LogP contribution in [-0.4, -0.2) is 33.7 Å². The Hall–Kier alpha value is -1.55. The topological polar surface area (TPSA) is 60.8 Å². The lowest BCUT2D eigenvalue weighted by molar-refractivity contribution is -0.143. The molecule has 4 heteroatoms. The van der Waals surface area contributed by atoms with Gasteiger partial charge in [-0.1, -0.05) is 18.6 Å². The summed E-state index contributed by atoms with van der Waals surface area (Å²) < 4.78 is 0. The summed E-state index contributed by atoms with van der Waals surface area (Å²) in [7, 11) is 0. The van der Waals surface area contributed by atoms with E-state index in [1.807, 2.05) is 6.07 Å². The lowest BCUT2D eigenvalue weighted by atomic mass is 9.94. The first-order valence-electron chi connectivity index (χ1n) is 6.90. The van der Waals surface area contributed by atoms with Gasteiger partial charge in [0.25, 0.3) is 0 Å². The Balaban J connectivity index is 1.78. The van der Waals surface area contributed by atoms with Crippen molar-refractivity contribution in [2.45, 2.75) is 31.8 Å². The number of aliphatic carboxylic acids is 1. The van der Waals surface area contributed by atoms with Gasteiger partial charge in [0.2, 0.25) is 0 Å². The summed E-state index contributed by atoms with van der Waals surface area (Å²) in [6.45, 7) is 1.48. The number of hydrogen-bond acceptors (Lipinski definition) is 3. The summed E-state index contributed by atoms with van der Waals surface area (Å²) in [5.74, 6) is 0.395. The van der Waals surface area contributed by atoms with Gasteiger partial charge in [0.05, 0.1) is 0 Å². The summed E-state index contributed by atoms with van der Waals surface area (Å²) in [5.41, 5.74) is 0.978. The van der Waals surface area contributed by atoms with Crippen LogP contribution in [0.2, 0.25) is 0 Å². The standard InChI is InChI=1S/C15H19NO3/c17-12-5-1-3-10(7-12)8-16-9-11-4-2-6-13(11)14(16)15(18)19/h1,3,5,7,11,13-14,17H,2,4,6,8-9H2,(H,18,19). The minimum Gasteiger partial charge on any atom is -0.508 e. The Morgan fingerprint density at radius 3 is 2.95 bits per heavy atom. The number of rotatable bonds is 3. The third-order valence-electron chi connectivity index (χ3n) is 4.54. The minimum absolute atomic E-state index is 0.240. The molecule has 3 unspecified atom stereocenters. The predicted molar refractivity (Wildman–Crippen MR) is 70.8 cm³/mol. The van der Waals surface area contributed by atoms with Gasteiger partial charge in [-0.05, 0) is 42.4 Å². The summed E-state index contributed by atoms with van der Waals surface area (Å²) in [6.07, 6.45) is 3.36. The van der Waals surface area contributed by atoms with E-state index >= 15 is 0 Å². The van der Waals surface area contributed by atoms with Gasteiger partial charge >= 0.3 is 5.97 Å². The molecule has 2 fully saturated rings. The molecule has 1 saturated heterocycles. The molecule has 1 heterocycles. The average molecular weight is 261 g/mol. The molecule has 0 radical (unpaired) electrons. The predicted octanol–water partition coefficient (Wildman–Crippen LogP) is 2.08. The lowest BCUT2D eigenvalue weighted by Crippen LogP contribution is -2.39. The normalized spacial score (nSPS) is 30.4. The highest BCUT2D eigenvalue weighted by Crippen LogP contribution is 2.42. The Morgan fingerprint density at radius 1 is 1.37 bits per heavy atom. The highest BCUT2D eigenvalue weighted by Gasteiger charge is 2.47. The molecule has 3 atom stereocenters. The smallest absolute Gasteiger partial charge is 0.321 e. The van der Waals surface area contributed by atoms with Crippen molar-refractivity contribution >= 4 is 5.97 Å². The van der Waals surface area contributed by atoms with E-state index in [0.717, 1.165) is 24.9 Å². The zero-order valence-electron chi connectivity index (χ0n) is 10.8. The number of hydrogen-bond donors (Lipinski definition) is 2. The van der Waals surface area contributed by atoms with Gasteiger partial charge in [-0.3, -0.25) is 9.69 Å². The van der Waals surface area contributed by atoms with Crippen LogP contribution in [0.4, 0.5) is 0 Å². The fraction of sp³-hybridized carbons (Fsp3) is 0.533. The molecule has 0 spiro atoms. The number of fused-ring (bicyclic) bond motifs is 1. The van der Waals surface area contributed by atoms with E-state index in [-0.39, 0.29) is 11.8 Å². The number of nitrogens with zero attached hydrogens (tertiary/aromatic N) is 1. The number of carboxylic acid groups (broad SMARTS) is 1. The van der Waals surface area contributed by atoms with Crippen molar-refractivity contribution in [1.29, 1.82) is 0 Å². The largest absolute Gasteiger partial charge is 0.508 e. The molecule has 1 saturated carbocycles. The Kier molecular flexibility index (Phi) is 3.19. The second-order valence-corrected chi connectivity index (χ2v) is 5.74. The zero-order chi connectivity index (χ0) is 13.4. The van der Waals surface area contributed by atoms with Gasteiger partial charge in [-0.2, -0.15) is 0 Å². The number of aromatic hydroxyl groups is 1. The van der Waals surface area contributed by atoms with Crippen molar-refractivity contribution in [2.75, 3.05) is 6.54 Å². The van der Waals surface area contributed by atoms with Crippen LogP contribution < -0.4 is 0 Å². The van der Waals surface area contributed by atoms with Crippen molar-refractivity contribution < 1.29 is 15.0 Å². The molecule has 0 bridgehead atoms. The van der Waals surface area contributed by atoms with Crippen molar-refractivity contribution in [3.05, 3.63) is 29.8 Å². The average Bonchev–Trinajstić information content (AvgIpc) is 2.88. The van der Waals surface area contributed by atoms with Crippen LogP contribution in [0.3, 0.4) is 0 Å². The summed E-state index contributed by atoms with van der Waals surface area (Å²) >= 11 is 0. The maximum Gasteiger partial charge on any atom is 0.321 e. The highest BCUT2D eigenvalue weighted by atomic mass is 16.4. The number of phenols is 1. The summed E-state index contributed by atoms with van der Waals surface area (Å²) in [4.78, 5) is 13.6. The second-order valence-electron chi connectivity index (χ2n) is 5.74. The van der Waals surface area contributed by atoms with Crippen molar-refractivity contribution in [1.82, 2.24) is 4.90 Å². The summed E-state index contributed by atoms with van der Waals surface area (Å²) in [6, 6.07) is 6.74. The van der Waals surface area contributed by atoms with Crippen LogP contribution in [0, 0.1) is 11.8 Å². The summed E-state index contributed by atoms with van der Waals surface area (Å²) in [5, 5.41) is 19.0. The van der Waals surface area contributed by atoms with Gasteiger partial charge in [-0.15, -0.1) is 0 Å². The molecule has 1 aromatic rings. The number of carbonyl (C=O) groups is 1. The van der Waals surface area contributed by atoms with E-state index in [2.05, 4.69) is 4.90 Å². The van der Waals surface area contributed by atoms with E-state index in [4.69, 9.17) is 0 Å². The van der Waals surface area contributed by atoms with Gasteiger partial charge in [0.1, 0.15) is 11.8 Å². The van der Waals surface area contributed by atoms with Gasteiger partial charge in [-0.25, -0.2) is 0 Å². The highest BCUT2D eigenvalue weighted by molar-refractivity contribution is 5.74. The van der Waals surface area contributed by atoms with Crippen molar-refractivity contribution in [2.24, 2.45) is 11.8 Å². The lowest BCUT2D eigenvalue weighted by Gasteiger charge is -2.24. The first-order chi connectivity index (χ1) is 9.15. The number of benzene rings is 1. The van der Waals surface area contributed by atoms with Gasteiger partial charge in [0, 0.05) is 13.1 Å². The zero-order valence-corrected chi connectivity index (χ0v) is 10.8. The second kappa shape index (κ2) is 4.85. The van der Waals surface area contributed by atoms with E-state index in [1.165, 1.54) is 6.42 Å². The minimum atomic E-state index is -0.699. The molecule has 0 aromatic heterocycles. The van der Waals surface area contributed by atoms with E-state index in [9.17, 15) is 15.0 Å². The molecule has 2 aliphatic rings. The van der Waals surface area contributed by atoms with Crippen LogP contribution in [-0.2, 0) is 11.3 Å². The van der Waals surface area contributed by atoms with Gasteiger partial charge in [0.15, 0.2) is 0 Å². The quantitative estimate of drug-likeness (QED) is 0.874. The van der Waals surface area contributed by atoms with Crippen LogP contribution >= 0.6 is 0 Å². The Bertz CT molecular complexity index is 488. The van der Waals surface area contributed by atoms with Crippen LogP contribution in [0.1, 0.15) is 24.8 Å². The molecule has 4 nitrogen and oxygen atoms in total. The Morgan fingerprint density at radius 2 is 2.21 bits per heavy atom. The van der Waals surface area contributed by atoms with Crippen LogP contribution in [0.5, 0.6) is 5.75 Å². The van der Waals surface area contributed by atoms with E-state index in [1.54, 1.807) is 18.2 Å². The molecule has 102 valence electrons. The van der Waals surface area contributed by atoms with E-state index in [0.29, 0.717) is 18.4 Å². The fourth-order valence-corrected chi connectivity index (χ4v) is 3.78. The van der Waals surface area contributed by atoms with Gasteiger partial charge < -0.3 is 10.2 Å². The van der Waals surface area contributed by atoms with E-state index < -0.39 is 5.97 Å². The van der Waals surface area contributed by atoms with Crippen LogP contribution in [0.25, 0.3) is 0 Å². The first kappa shape index (κ1) is 12.5. The Labute approximate surface area is 112 Å². The first-order valence-corrected chi connectivity index (χ1v) is 6.90. The molecular weight excluding hydrogens is 242 g/mol. The molecule has 19 heavy (non-hydrogen) atoms. The molecule has 1 aromatic carbocycles. The maximum atomic E-state index is 11.5. The SMILES string of the molecule is O=C(O)C1C2CCCC2CN1Cc1cccc(O)c1. The number of likely N-dealkylation sites (tertiary alicyclic amines) is 1. The third-order valence-corrected chi connectivity index (χ3v) is 4.54. The molecule has 1 aliphatic heterocycles. The molecule has 1 aliphatic carbocycles. The fourth-order valence-electron chi connectivity index (χ4n) is 3.78. The maximum absolute atomic E-state index is 11.5. The molecular formula is C15H19NO3. The number of carboxylic acids is 1. The third kappa shape index (κ3) is 2.32.